The lowest BCUT2D eigenvalue weighted by Gasteiger charge is -2.12. The molecule has 2 N–H and O–H groups in total. The van der Waals surface area contributed by atoms with Crippen LogP contribution in [0.25, 0.3) is 22.0 Å². The fraction of sp³-hybridized carbons (Fsp3) is 0.136. The second kappa shape index (κ2) is 8.11. The number of nitrogens with one attached hydrogen (secondary N) is 2. The number of anilines is 1. The van der Waals surface area contributed by atoms with Gasteiger partial charge in [-0.3, -0.25) is 25.2 Å². The maximum Gasteiger partial charge on any atom is 0.327 e. The molecule has 3 aromatic heterocycles. The summed E-state index contributed by atoms with van der Waals surface area (Å²) >= 11 is 1.24. The number of benzene rings is 1. The van der Waals surface area contributed by atoms with Crippen molar-refractivity contribution in [2.24, 2.45) is 7.05 Å². The van der Waals surface area contributed by atoms with E-state index in [1.807, 2.05) is 19.9 Å². The van der Waals surface area contributed by atoms with Crippen molar-refractivity contribution in [1.29, 1.82) is 0 Å². The number of aromatic nitrogens is 3. The Labute approximate surface area is 181 Å². The normalized spacial score (nSPS) is 10.8. The molecule has 3 amide bonds. The number of amides is 3. The molecule has 3 heterocycles. The maximum absolute atomic E-state index is 13.1. The lowest BCUT2D eigenvalue weighted by atomic mass is 9.97. The maximum atomic E-state index is 13.1. The van der Waals surface area contributed by atoms with Gasteiger partial charge in [0, 0.05) is 47.0 Å². The van der Waals surface area contributed by atoms with E-state index >= 15 is 0 Å². The average Bonchev–Trinajstić information content (AvgIpc) is 3.24. The van der Waals surface area contributed by atoms with Gasteiger partial charge in [-0.25, -0.2) is 9.78 Å². The van der Waals surface area contributed by atoms with Crippen LogP contribution in [0.2, 0.25) is 0 Å². The second-order valence-electron chi connectivity index (χ2n) is 7.08. The molecule has 0 aliphatic heterocycles. The zero-order valence-corrected chi connectivity index (χ0v) is 17.9. The van der Waals surface area contributed by atoms with Crippen LogP contribution in [0.15, 0.2) is 52.9 Å². The first-order chi connectivity index (χ1) is 14.8. The number of hydrogen-bond acceptors (Lipinski definition) is 6. The summed E-state index contributed by atoms with van der Waals surface area (Å²) in [5.74, 6) is -0.579. The highest BCUT2D eigenvalue weighted by Crippen LogP contribution is 2.25. The molecule has 31 heavy (non-hydrogen) atoms. The predicted octanol–water partition coefficient (Wildman–Crippen LogP) is 3.64. The first kappa shape index (κ1) is 20.4. The summed E-state index contributed by atoms with van der Waals surface area (Å²) in [6.07, 6.45) is 3.28. The SMILES string of the molecule is Cc1cc2c(cn1)cc(-c1cc(C(=O)NC(=O)Nc3nccs3)ccc1C)c(=O)n2C. The fourth-order valence-corrected chi connectivity index (χ4v) is 3.82. The molecule has 8 nitrogen and oxygen atoms in total. The monoisotopic (exact) mass is 433 g/mol. The van der Waals surface area contributed by atoms with Gasteiger partial charge in [-0.15, -0.1) is 11.3 Å². The number of fused-ring (bicyclic) bond motifs is 1. The quantitative estimate of drug-likeness (QED) is 0.513. The lowest BCUT2D eigenvalue weighted by Crippen LogP contribution is -2.34. The Kier molecular flexibility index (Phi) is 5.35. The van der Waals surface area contributed by atoms with E-state index in [4.69, 9.17) is 0 Å². The number of carbonyl (C=O) groups excluding carboxylic acids is 2. The van der Waals surface area contributed by atoms with Crippen molar-refractivity contribution in [3.63, 3.8) is 0 Å². The summed E-state index contributed by atoms with van der Waals surface area (Å²) in [5.41, 5.74) is 3.60. The van der Waals surface area contributed by atoms with Gasteiger partial charge in [0.2, 0.25) is 0 Å². The molecule has 0 bridgehead atoms. The van der Waals surface area contributed by atoms with Gasteiger partial charge in [-0.05, 0) is 49.2 Å². The van der Waals surface area contributed by atoms with Crippen LogP contribution in [0.4, 0.5) is 9.93 Å². The van der Waals surface area contributed by atoms with Crippen molar-refractivity contribution in [2.45, 2.75) is 13.8 Å². The van der Waals surface area contributed by atoms with Gasteiger partial charge in [0.15, 0.2) is 5.13 Å². The summed E-state index contributed by atoms with van der Waals surface area (Å²) < 4.78 is 1.58. The van der Waals surface area contributed by atoms with Crippen LogP contribution in [-0.4, -0.2) is 26.5 Å². The number of aryl methyl sites for hydroxylation is 3. The third-order valence-electron chi connectivity index (χ3n) is 4.91. The minimum absolute atomic E-state index is 0.180. The summed E-state index contributed by atoms with van der Waals surface area (Å²) in [4.78, 5) is 46.0. The molecule has 1 aromatic carbocycles. The highest BCUT2D eigenvalue weighted by atomic mass is 32.1. The topological polar surface area (TPSA) is 106 Å². The highest BCUT2D eigenvalue weighted by molar-refractivity contribution is 7.13. The Hall–Kier alpha value is -3.85. The van der Waals surface area contributed by atoms with Crippen molar-refractivity contribution < 1.29 is 9.59 Å². The standard InChI is InChI=1S/C22H19N5O3S/c1-12-4-5-14(19(28)25-21(30)26-22-23-6-7-31-22)9-16(12)17-10-15-11-24-13(2)8-18(15)27(3)20(17)29/h4-11H,1-3H3,(H2,23,25,26,28,30). The Morgan fingerprint density at radius 1 is 1.06 bits per heavy atom. The molecular weight excluding hydrogens is 414 g/mol. The second-order valence-corrected chi connectivity index (χ2v) is 7.98. The minimum atomic E-state index is -0.676. The zero-order valence-electron chi connectivity index (χ0n) is 17.1. The average molecular weight is 433 g/mol. The van der Waals surface area contributed by atoms with Gasteiger partial charge in [0.05, 0.1) is 5.52 Å². The molecule has 0 atom stereocenters. The van der Waals surface area contributed by atoms with E-state index in [0.29, 0.717) is 16.3 Å². The van der Waals surface area contributed by atoms with Crippen molar-refractivity contribution in [1.82, 2.24) is 19.9 Å². The number of thiazole rings is 1. The van der Waals surface area contributed by atoms with Crippen molar-refractivity contribution >= 4 is 39.3 Å². The summed E-state index contributed by atoms with van der Waals surface area (Å²) in [5, 5.41) is 7.70. The van der Waals surface area contributed by atoms with Gasteiger partial charge in [0.1, 0.15) is 0 Å². The number of nitrogens with zero attached hydrogens (tertiary/aromatic N) is 3. The molecule has 0 radical (unpaired) electrons. The van der Waals surface area contributed by atoms with Crippen LogP contribution in [0.3, 0.4) is 0 Å². The molecular formula is C22H19N5O3S. The Balaban J connectivity index is 1.69. The number of carbonyl (C=O) groups is 2. The Morgan fingerprint density at radius 3 is 2.61 bits per heavy atom. The van der Waals surface area contributed by atoms with E-state index in [2.05, 4.69) is 20.6 Å². The summed E-state index contributed by atoms with van der Waals surface area (Å²) in [7, 11) is 1.71. The van der Waals surface area contributed by atoms with Gasteiger partial charge >= 0.3 is 6.03 Å². The number of imide groups is 1. The Bertz CT molecular complexity index is 1380. The third-order valence-corrected chi connectivity index (χ3v) is 5.60. The number of hydrogen-bond donors (Lipinski definition) is 2. The minimum Gasteiger partial charge on any atom is -0.311 e. The molecule has 0 saturated carbocycles. The lowest BCUT2D eigenvalue weighted by molar-refractivity contribution is 0.0967. The first-order valence-corrected chi connectivity index (χ1v) is 10.3. The first-order valence-electron chi connectivity index (χ1n) is 9.42. The van der Waals surface area contributed by atoms with Crippen LogP contribution in [0, 0.1) is 13.8 Å². The zero-order chi connectivity index (χ0) is 22.1. The van der Waals surface area contributed by atoms with E-state index in [0.717, 1.165) is 22.2 Å². The molecule has 4 aromatic rings. The van der Waals surface area contributed by atoms with Gasteiger partial charge in [-0.1, -0.05) is 6.07 Å². The van der Waals surface area contributed by atoms with Crippen LogP contribution in [0.1, 0.15) is 21.6 Å². The third kappa shape index (κ3) is 4.08. The molecule has 0 unspecified atom stereocenters. The molecule has 9 heteroatoms. The fourth-order valence-electron chi connectivity index (χ4n) is 3.30. The number of urea groups is 1. The van der Waals surface area contributed by atoms with Crippen molar-refractivity contribution in [3.05, 3.63) is 75.3 Å². The number of pyridine rings is 2. The Morgan fingerprint density at radius 2 is 1.87 bits per heavy atom. The predicted molar refractivity (Wildman–Crippen MR) is 120 cm³/mol. The molecule has 4 rings (SSSR count). The summed E-state index contributed by atoms with van der Waals surface area (Å²) in [6.45, 7) is 3.73. The van der Waals surface area contributed by atoms with Gasteiger partial charge < -0.3 is 4.57 Å². The molecule has 0 fully saturated rings. The van der Waals surface area contributed by atoms with E-state index < -0.39 is 11.9 Å². The van der Waals surface area contributed by atoms with Gasteiger partial charge in [-0.2, -0.15) is 0 Å². The molecule has 156 valence electrons. The van der Waals surface area contributed by atoms with Crippen molar-refractivity contribution in [3.8, 4) is 11.1 Å². The van der Waals surface area contributed by atoms with E-state index in [9.17, 15) is 14.4 Å². The number of rotatable bonds is 3. The van der Waals surface area contributed by atoms with Crippen LogP contribution in [-0.2, 0) is 7.05 Å². The molecule has 0 aliphatic rings. The van der Waals surface area contributed by atoms with Crippen LogP contribution < -0.4 is 16.2 Å². The smallest absolute Gasteiger partial charge is 0.311 e. The highest BCUT2D eigenvalue weighted by Gasteiger charge is 2.16. The van der Waals surface area contributed by atoms with E-state index in [-0.39, 0.29) is 11.1 Å². The van der Waals surface area contributed by atoms with Gasteiger partial charge in [0.25, 0.3) is 11.5 Å². The van der Waals surface area contributed by atoms with Crippen LogP contribution in [0.5, 0.6) is 0 Å². The molecule has 0 saturated heterocycles. The van der Waals surface area contributed by atoms with Crippen LogP contribution >= 0.6 is 11.3 Å². The van der Waals surface area contributed by atoms with E-state index in [1.165, 1.54) is 11.3 Å². The van der Waals surface area contributed by atoms with E-state index in [1.54, 1.807) is 53.7 Å². The molecule has 0 spiro atoms. The summed E-state index contributed by atoms with van der Waals surface area (Å²) in [6, 6.07) is 7.94. The van der Waals surface area contributed by atoms with Crippen molar-refractivity contribution in [2.75, 3.05) is 5.32 Å². The molecule has 0 aliphatic carbocycles. The largest absolute Gasteiger partial charge is 0.327 e.